The maximum atomic E-state index is 10.4. The zero-order chi connectivity index (χ0) is 20.7. The fourth-order valence-electron chi connectivity index (χ4n) is 4.58. The molecule has 30 heavy (non-hydrogen) atoms. The molecule has 0 radical (unpaired) electrons. The van der Waals surface area contributed by atoms with Gasteiger partial charge in [-0.25, -0.2) is 15.0 Å². The SMILES string of the molecule is OC[C@H]1O[C@@H](n2cnc3c(N[C@@H]4CCCC[C@H]4c4cccs4)ncnc32)[C@H](O)[C@@H]1O. The Balaban J connectivity index is 1.44. The second-order valence-corrected chi connectivity index (χ2v) is 8.91. The van der Waals surface area contributed by atoms with Crippen LogP contribution >= 0.6 is 11.3 Å². The zero-order valence-corrected chi connectivity index (χ0v) is 17.1. The minimum atomic E-state index is -1.19. The van der Waals surface area contributed by atoms with E-state index in [4.69, 9.17) is 4.74 Å². The lowest BCUT2D eigenvalue weighted by atomic mass is 9.83. The topological polar surface area (TPSA) is 126 Å². The lowest BCUT2D eigenvalue weighted by Crippen LogP contribution is -2.33. The molecule has 6 atom stereocenters. The number of thiophene rings is 1. The van der Waals surface area contributed by atoms with Gasteiger partial charge in [0.1, 0.15) is 24.6 Å². The van der Waals surface area contributed by atoms with E-state index in [0.29, 0.717) is 22.9 Å². The average Bonchev–Trinajstić information content (AvgIpc) is 3.50. The molecule has 160 valence electrons. The molecule has 0 unspecified atom stereocenters. The van der Waals surface area contributed by atoms with Crippen LogP contribution in [0.25, 0.3) is 11.2 Å². The van der Waals surface area contributed by atoms with Crippen LogP contribution in [0.15, 0.2) is 30.2 Å². The molecule has 0 aromatic carbocycles. The van der Waals surface area contributed by atoms with Crippen molar-refractivity contribution in [3.63, 3.8) is 0 Å². The van der Waals surface area contributed by atoms with Crippen molar-refractivity contribution in [3.05, 3.63) is 35.0 Å². The summed E-state index contributed by atoms with van der Waals surface area (Å²) in [4.78, 5) is 14.6. The highest BCUT2D eigenvalue weighted by molar-refractivity contribution is 7.10. The molecule has 0 spiro atoms. The van der Waals surface area contributed by atoms with Gasteiger partial charge in [-0.05, 0) is 24.3 Å². The minimum Gasteiger partial charge on any atom is -0.394 e. The molecule has 1 saturated heterocycles. The standard InChI is InChI=1S/C20H25N5O4S/c26-8-13-16(27)17(28)20(29-13)25-10-23-15-18(21-9-22-19(15)25)24-12-5-2-1-4-11(12)14-6-3-7-30-14/h3,6-7,9-13,16-17,20,26-28H,1-2,4-5,8H2,(H,21,22,24)/t11-,12-,13-,16-,17-,20-/m1/s1. The molecule has 4 N–H and O–H groups in total. The maximum absolute atomic E-state index is 10.4. The molecule has 0 bridgehead atoms. The summed E-state index contributed by atoms with van der Waals surface area (Å²) in [6.07, 6.45) is 3.50. The first kappa shape index (κ1) is 19.8. The van der Waals surface area contributed by atoms with Crippen molar-refractivity contribution in [3.8, 4) is 0 Å². The smallest absolute Gasteiger partial charge is 0.167 e. The lowest BCUT2D eigenvalue weighted by Gasteiger charge is -2.32. The number of fused-ring (bicyclic) bond motifs is 1. The predicted molar refractivity (Wildman–Crippen MR) is 111 cm³/mol. The number of nitrogens with one attached hydrogen (secondary N) is 1. The van der Waals surface area contributed by atoms with Gasteiger partial charge in [0, 0.05) is 16.8 Å². The molecule has 2 fully saturated rings. The monoisotopic (exact) mass is 431 g/mol. The first-order valence-corrected chi connectivity index (χ1v) is 11.1. The van der Waals surface area contributed by atoms with Crippen LogP contribution < -0.4 is 5.32 Å². The van der Waals surface area contributed by atoms with Crippen molar-refractivity contribution < 1.29 is 20.1 Å². The second-order valence-electron chi connectivity index (χ2n) is 7.93. The number of anilines is 1. The number of aromatic nitrogens is 4. The summed E-state index contributed by atoms with van der Waals surface area (Å²) in [5.41, 5.74) is 1.09. The lowest BCUT2D eigenvalue weighted by molar-refractivity contribution is -0.0511. The van der Waals surface area contributed by atoms with E-state index in [-0.39, 0.29) is 12.6 Å². The Morgan fingerprint density at radius 3 is 2.80 bits per heavy atom. The number of aliphatic hydroxyl groups is 3. The van der Waals surface area contributed by atoms with Crippen molar-refractivity contribution in [2.75, 3.05) is 11.9 Å². The second kappa shape index (κ2) is 8.20. The molecule has 1 saturated carbocycles. The molecule has 3 aromatic rings. The summed E-state index contributed by atoms with van der Waals surface area (Å²) >= 11 is 1.79. The Kier molecular flexibility index (Phi) is 5.42. The van der Waals surface area contributed by atoms with Gasteiger partial charge in [-0.3, -0.25) is 4.57 Å². The number of imidazole rings is 1. The first-order chi connectivity index (χ1) is 14.7. The average molecular weight is 432 g/mol. The van der Waals surface area contributed by atoms with Gasteiger partial charge >= 0.3 is 0 Å². The van der Waals surface area contributed by atoms with Gasteiger partial charge in [0.15, 0.2) is 23.2 Å². The molecule has 5 rings (SSSR count). The van der Waals surface area contributed by atoms with Crippen molar-refractivity contribution in [1.29, 1.82) is 0 Å². The molecular weight excluding hydrogens is 406 g/mol. The van der Waals surface area contributed by atoms with Gasteiger partial charge in [-0.15, -0.1) is 11.3 Å². The molecule has 10 heteroatoms. The highest BCUT2D eigenvalue weighted by atomic mass is 32.1. The number of nitrogens with zero attached hydrogens (tertiary/aromatic N) is 4. The van der Waals surface area contributed by atoms with E-state index in [1.165, 1.54) is 30.4 Å². The predicted octanol–water partition coefficient (Wildman–Crippen LogP) is 1.64. The first-order valence-electron chi connectivity index (χ1n) is 10.3. The van der Waals surface area contributed by atoms with Crippen molar-refractivity contribution in [2.45, 2.75) is 62.2 Å². The molecule has 1 aliphatic carbocycles. The van der Waals surface area contributed by atoms with Crippen LogP contribution in [0.3, 0.4) is 0 Å². The van der Waals surface area contributed by atoms with Gasteiger partial charge in [0.2, 0.25) is 0 Å². The van der Waals surface area contributed by atoms with E-state index in [1.807, 2.05) is 0 Å². The quantitative estimate of drug-likeness (QED) is 0.480. The van der Waals surface area contributed by atoms with E-state index in [2.05, 4.69) is 37.8 Å². The third-order valence-electron chi connectivity index (χ3n) is 6.15. The van der Waals surface area contributed by atoms with Gasteiger partial charge < -0.3 is 25.4 Å². The van der Waals surface area contributed by atoms with E-state index < -0.39 is 24.5 Å². The van der Waals surface area contributed by atoms with E-state index in [1.54, 1.807) is 15.9 Å². The molecule has 4 heterocycles. The zero-order valence-electron chi connectivity index (χ0n) is 16.3. The number of hydrogen-bond acceptors (Lipinski definition) is 9. The molecule has 9 nitrogen and oxygen atoms in total. The van der Waals surface area contributed by atoms with Crippen LogP contribution in [0.4, 0.5) is 5.82 Å². The largest absolute Gasteiger partial charge is 0.394 e. The van der Waals surface area contributed by atoms with Crippen LogP contribution in [0.2, 0.25) is 0 Å². The van der Waals surface area contributed by atoms with E-state index in [9.17, 15) is 15.3 Å². The summed E-state index contributed by atoms with van der Waals surface area (Å²) in [5.74, 6) is 1.09. The summed E-state index contributed by atoms with van der Waals surface area (Å²) < 4.78 is 7.22. The van der Waals surface area contributed by atoms with E-state index >= 15 is 0 Å². The number of rotatable bonds is 5. The third-order valence-corrected chi connectivity index (χ3v) is 7.15. The third kappa shape index (κ3) is 3.38. The number of hydrogen-bond donors (Lipinski definition) is 4. The molecular formula is C20H25N5O4S. The molecule has 0 amide bonds. The van der Waals surface area contributed by atoms with Crippen LogP contribution in [0.1, 0.15) is 42.7 Å². The van der Waals surface area contributed by atoms with Gasteiger partial charge in [0.25, 0.3) is 0 Å². The summed E-state index contributed by atoms with van der Waals surface area (Å²) in [6, 6.07) is 4.55. The van der Waals surface area contributed by atoms with Crippen molar-refractivity contribution >= 4 is 28.3 Å². The molecule has 1 aliphatic heterocycles. The van der Waals surface area contributed by atoms with Crippen molar-refractivity contribution in [1.82, 2.24) is 19.5 Å². The van der Waals surface area contributed by atoms with Gasteiger partial charge in [-0.2, -0.15) is 0 Å². The number of ether oxygens (including phenoxy) is 1. The van der Waals surface area contributed by atoms with Crippen LogP contribution in [0.5, 0.6) is 0 Å². The van der Waals surface area contributed by atoms with Crippen LogP contribution in [0, 0.1) is 0 Å². The van der Waals surface area contributed by atoms with E-state index in [0.717, 1.165) is 12.8 Å². The Labute approximate surface area is 177 Å². The minimum absolute atomic E-state index is 0.259. The Bertz CT molecular complexity index is 996. The highest BCUT2D eigenvalue weighted by Crippen LogP contribution is 2.38. The number of aliphatic hydroxyl groups excluding tert-OH is 3. The Morgan fingerprint density at radius 2 is 2.03 bits per heavy atom. The molecule has 3 aromatic heterocycles. The van der Waals surface area contributed by atoms with Gasteiger partial charge in [0.05, 0.1) is 12.9 Å². The molecule has 2 aliphatic rings. The normalized spacial score (nSPS) is 32.0. The van der Waals surface area contributed by atoms with Gasteiger partial charge in [-0.1, -0.05) is 18.9 Å². The van der Waals surface area contributed by atoms with Crippen LogP contribution in [-0.4, -0.2) is 65.8 Å². The fourth-order valence-corrected chi connectivity index (χ4v) is 5.50. The summed E-state index contributed by atoms with van der Waals surface area (Å²) in [6.45, 7) is -0.380. The Morgan fingerprint density at radius 1 is 1.17 bits per heavy atom. The fraction of sp³-hybridized carbons (Fsp3) is 0.550. The highest BCUT2D eigenvalue weighted by Gasteiger charge is 2.44. The summed E-state index contributed by atoms with van der Waals surface area (Å²) in [5, 5.41) is 35.5. The van der Waals surface area contributed by atoms with Crippen molar-refractivity contribution in [2.24, 2.45) is 0 Å². The van der Waals surface area contributed by atoms with Crippen LogP contribution in [-0.2, 0) is 4.74 Å². The summed E-state index contributed by atoms with van der Waals surface area (Å²) in [7, 11) is 0. The maximum Gasteiger partial charge on any atom is 0.167 e. The Hall–Kier alpha value is -2.11.